The van der Waals surface area contributed by atoms with Crippen LogP contribution in [0.4, 0.5) is 5.69 Å². The van der Waals surface area contributed by atoms with Crippen molar-refractivity contribution in [1.82, 2.24) is 4.90 Å². The number of fused-ring (bicyclic) bond motifs is 1. The van der Waals surface area contributed by atoms with Gasteiger partial charge in [-0.1, -0.05) is 18.2 Å². The summed E-state index contributed by atoms with van der Waals surface area (Å²) < 4.78 is 5.25. The number of imide groups is 1. The summed E-state index contributed by atoms with van der Waals surface area (Å²) in [4.78, 5) is 53.9. The van der Waals surface area contributed by atoms with Gasteiger partial charge in [0.05, 0.1) is 22.4 Å². The van der Waals surface area contributed by atoms with Crippen LogP contribution in [0.1, 0.15) is 69.7 Å². The molecule has 2 atom stereocenters. The number of benzene rings is 2. The number of carbonyl (C=O) groups excluding carboxylic acids is 4. The van der Waals surface area contributed by atoms with E-state index in [1.54, 1.807) is 17.0 Å². The molecule has 0 bridgehead atoms. The fraction of sp³-hybridized carbons (Fsp3) is 0.360. The molecule has 166 valence electrons. The highest BCUT2D eigenvalue weighted by Crippen LogP contribution is 2.31. The number of hydrogen-bond donors (Lipinski definition) is 0. The lowest BCUT2D eigenvalue weighted by molar-refractivity contribution is -0.140. The molecule has 3 amide bonds. The summed E-state index contributed by atoms with van der Waals surface area (Å²) in [6.07, 6.45) is 2.94. The molecule has 0 aliphatic carbocycles. The highest BCUT2D eigenvalue weighted by molar-refractivity contribution is 6.34. The van der Waals surface area contributed by atoms with Crippen LogP contribution in [0.25, 0.3) is 0 Å². The van der Waals surface area contributed by atoms with E-state index in [1.807, 2.05) is 32.9 Å². The van der Waals surface area contributed by atoms with Gasteiger partial charge in [-0.05, 0) is 69.9 Å². The Labute approximate surface area is 187 Å². The topological polar surface area (TPSA) is 84.0 Å². The fourth-order valence-electron chi connectivity index (χ4n) is 4.60. The lowest BCUT2D eigenvalue weighted by Crippen LogP contribution is -2.49. The number of aryl methyl sites for hydroxylation is 1. The van der Waals surface area contributed by atoms with Crippen molar-refractivity contribution in [2.45, 2.75) is 52.1 Å². The smallest absolute Gasteiger partial charge is 0.338 e. The van der Waals surface area contributed by atoms with Crippen molar-refractivity contribution in [1.29, 1.82) is 0 Å². The third-order valence-corrected chi connectivity index (χ3v) is 6.29. The first-order chi connectivity index (χ1) is 15.3. The van der Waals surface area contributed by atoms with Crippen molar-refractivity contribution in [2.24, 2.45) is 0 Å². The number of ether oxygens (including phenoxy) is 1. The van der Waals surface area contributed by atoms with E-state index < -0.39 is 17.8 Å². The molecule has 0 aromatic heterocycles. The maximum Gasteiger partial charge on any atom is 0.338 e. The van der Waals surface area contributed by atoms with E-state index in [1.165, 1.54) is 18.2 Å². The maximum absolute atomic E-state index is 13.0. The Bertz CT molecular complexity index is 1100. The predicted octanol–water partition coefficient (Wildman–Crippen LogP) is 3.74. The monoisotopic (exact) mass is 434 g/mol. The number of likely N-dealkylation sites (tertiary alicyclic amines) is 1. The molecular weight excluding hydrogens is 408 g/mol. The first-order valence-corrected chi connectivity index (χ1v) is 10.9. The zero-order valence-electron chi connectivity index (χ0n) is 18.5. The normalized spacial score (nSPS) is 20.3. The second kappa shape index (κ2) is 8.57. The van der Waals surface area contributed by atoms with E-state index in [9.17, 15) is 19.2 Å². The minimum atomic E-state index is -0.701. The number of amides is 3. The van der Waals surface area contributed by atoms with Gasteiger partial charge in [-0.3, -0.25) is 14.4 Å². The maximum atomic E-state index is 13.0. The molecule has 1 fully saturated rings. The highest BCUT2D eigenvalue weighted by atomic mass is 16.5. The molecule has 0 saturated carbocycles. The summed E-state index contributed by atoms with van der Waals surface area (Å²) in [7, 11) is 0. The van der Waals surface area contributed by atoms with Gasteiger partial charge in [0.2, 0.25) is 0 Å². The number of para-hydroxylation sites is 1. The molecule has 2 aromatic carbocycles. The zero-order chi connectivity index (χ0) is 23.0. The van der Waals surface area contributed by atoms with Gasteiger partial charge in [-0.2, -0.15) is 0 Å². The summed E-state index contributed by atoms with van der Waals surface area (Å²) >= 11 is 0. The second-order valence-electron chi connectivity index (χ2n) is 8.50. The van der Waals surface area contributed by atoms with E-state index in [4.69, 9.17) is 4.74 Å². The standard InChI is InChI=1S/C25H26N2O5/c1-15-7-4-5-10-21(15)27-23(29)19-12-11-18(13-20(19)24(27)30)25(31)32-14-22(28)26-16(2)8-6-9-17(26)3/h4-5,7,10-13,16-17H,6,8-9,14H2,1-3H3/t16-,17-/m1/s1. The molecule has 2 heterocycles. The average Bonchev–Trinajstić information content (AvgIpc) is 3.02. The van der Waals surface area contributed by atoms with Crippen LogP contribution in [0.3, 0.4) is 0 Å². The van der Waals surface area contributed by atoms with Crippen LogP contribution in [0.2, 0.25) is 0 Å². The molecule has 2 aromatic rings. The minimum Gasteiger partial charge on any atom is -0.452 e. The van der Waals surface area contributed by atoms with Crippen molar-refractivity contribution >= 4 is 29.4 Å². The van der Waals surface area contributed by atoms with Gasteiger partial charge in [0, 0.05) is 12.1 Å². The summed E-state index contributed by atoms with van der Waals surface area (Å²) in [5.41, 5.74) is 1.82. The van der Waals surface area contributed by atoms with Gasteiger partial charge in [-0.25, -0.2) is 9.69 Å². The first kappa shape index (κ1) is 21.7. The molecule has 1 saturated heterocycles. The number of nitrogens with zero attached hydrogens (tertiary/aromatic N) is 2. The van der Waals surface area contributed by atoms with Crippen molar-refractivity contribution in [3.05, 3.63) is 64.7 Å². The molecule has 4 rings (SSSR count). The number of piperidine rings is 1. The summed E-state index contributed by atoms with van der Waals surface area (Å²) in [5.74, 6) is -1.84. The molecule has 7 heteroatoms. The molecule has 7 nitrogen and oxygen atoms in total. The second-order valence-corrected chi connectivity index (χ2v) is 8.50. The van der Waals surface area contributed by atoms with Crippen molar-refractivity contribution in [3.63, 3.8) is 0 Å². The minimum absolute atomic E-state index is 0.112. The van der Waals surface area contributed by atoms with E-state index in [0.29, 0.717) is 5.69 Å². The van der Waals surface area contributed by atoms with Crippen molar-refractivity contribution in [2.75, 3.05) is 11.5 Å². The Morgan fingerprint density at radius 3 is 2.31 bits per heavy atom. The molecule has 0 spiro atoms. The first-order valence-electron chi connectivity index (χ1n) is 10.9. The Balaban J connectivity index is 1.49. The highest BCUT2D eigenvalue weighted by Gasteiger charge is 2.38. The Kier molecular flexibility index (Phi) is 5.82. The van der Waals surface area contributed by atoms with Crippen LogP contribution < -0.4 is 4.90 Å². The van der Waals surface area contributed by atoms with Crippen LogP contribution in [0.15, 0.2) is 42.5 Å². The molecule has 0 radical (unpaired) electrons. The number of carbonyl (C=O) groups is 4. The van der Waals surface area contributed by atoms with Crippen LogP contribution in [-0.2, 0) is 9.53 Å². The van der Waals surface area contributed by atoms with Crippen molar-refractivity contribution < 1.29 is 23.9 Å². The largest absolute Gasteiger partial charge is 0.452 e. The lowest BCUT2D eigenvalue weighted by atomic mass is 9.97. The van der Waals surface area contributed by atoms with Crippen molar-refractivity contribution in [3.8, 4) is 0 Å². The third kappa shape index (κ3) is 3.79. The van der Waals surface area contributed by atoms with Gasteiger partial charge in [0.1, 0.15) is 0 Å². The van der Waals surface area contributed by atoms with Crippen LogP contribution in [-0.4, -0.2) is 47.3 Å². The van der Waals surface area contributed by atoms with Gasteiger partial charge in [0.15, 0.2) is 6.61 Å². The quantitative estimate of drug-likeness (QED) is 0.541. The third-order valence-electron chi connectivity index (χ3n) is 6.29. The van der Waals surface area contributed by atoms with Gasteiger partial charge >= 0.3 is 5.97 Å². The van der Waals surface area contributed by atoms with E-state index in [2.05, 4.69) is 0 Å². The molecular formula is C25H26N2O5. The molecule has 0 N–H and O–H groups in total. The summed E-state index contributed by atoms with van der Waals surface area (Å²) in [6.45, 7) is 5.47. The van der Waals surface area contributed by atoms with Crippen LogP contribution in [0, 0.1) is 6.92 Å². The number of esters is 1. The van der Waals surface area contributed by atoms with Gasteiger partial charge < -0.3 is 9.64 Å². The van der Waals surface area contributed by atoms with Gasteiger partial charge in [0.25, 0.3) is 17.7 Å². The van der Waals surface area contributed by atoms with E-state index in [0.717, 1.165) is 29.7 Å². The Morgan fingerprint density at radius 2 is 1.62 bits per heavy atom. The predicted molar refractivity (Wildman–Crippen MR) is 119 cm³/mol. The van der Waals surface area contributed by atoms with E-state index >= 15 is 0 Å². The molecule has 0 unspecified atom stereocenters. The summed E-state index contributed by atoms with van der Waals surface area (Å²) in [6, 6.07) is 11.6. The Hall–Kier alpha value is -3.48. The van der Waals surface area contributed by atoms with Gasteiger partial charge in [-0.15, -0.1) is 0 Å². The molecule has 2 aliphatic heterocycles. The van der Waals surface area contributed by atoms with E-state index in [-0.39, 0.29) is 41.3 Å². The number of rotatable bonds is 4. The number of hydrogen-bond acceptors (Lipinski definition) is 5. The average molecular weight is 434 g/mol. The molecule has 32 heavy (non-hydrogen) atoms. The summed E-state index contributed by atoms with van der Waals surface area (Å²) in [5, 5.41) is 0. The van der Waals surface area contributed by atoms with Crippen LogP contribution >= 0.6 is 0 Å². The molecule has 2 aliphatic rings. The number of anilines is 1. The Morgan fingerprint density at radius 1 is 0.969 bits per heavy atom. The SMILES string of the molecule is Cc1ccccc1N1C(=O)c2ccc(C(=O)OCC(=O)N3[C@H](C)CCC[C@H]3C)cc2C1=O. The fourth-order valence-corrected chi connectivity index (χ4v) is 4.60. The lowest BCUT2D eigenvalue weighted by Gasteiger charge is -2.38. The zero-order valence-corrected chi connectivity index (χ0v) is 18.5. The van der Waals surface area contributed by atoms with Crippen LogP contribution in [0.5, 0.6) is 0 Å².